The number of aromatic nitrogens is 2. The highest BCUT2D eigenvalue weighted by Gasteiger charge is 2.11. The van der Waals surface area contributed by atoms with Crippen molar-refractivity contribution in [3.63, 3.8) is 0 Å². The molecule has 0 saturated carbocycles. The van der Waals surface area contributed by atoms with Gasteiger partial charge in [0.2, 0.25) is 0 Å². The Morgan fingerprint density at radius 3 is 2.59 bits per heavy atom. The predicted molar refractivity (Wildman–Crippen MR) is 111 cm³/mol. The molecule has 148 valence electrons. The molecule has 0 saturated heterocycles. The van der Waals surface area contributed by atoms with Gasteiger partial charge in [0.25, 0.3) is 0 Å². The molecule has 2 aromatic rings. The van der Waals surface area contributed by atoms with E-state index >= 15 is 0 Å². The standard InChI is InChI=1S/C21H33N5O/c1-4-22-21(24-16-19(10-13-27)14-17(2)3)23-15-18-6-8-20(9-7-18)26-12-5-11-25-26/h5-9,11-12,17,19,27H,4,10,13-16H2,1-3H3,(H2,22,23,24). The molecule has 0 bridgehead atoms. The van der Waals surface area contributed by atoms with E-state index in [1.807, 2.05) is 16.9 Å². The number of aliphatic imine (C=N–C) groups is 1. The Kier molecular flexibility index (Phi) is 8.84. The highest BCUT2D eigenvalue weighted by atomic mass is 16.3. The molecule has 1 aromatic heterocycles. The Morgan fingerprint density at radius 2 is 2.00 bits per heavy atom. The fraction of sp³-hybridized carbons (Fsp3) is 0.524. The number of guanidine groups is 1. The molecule has 27 heavy (non-hydrogen) atoms. The minimum absolute atomic E-state index is 0.231. The maximum absolute atomic E-state index is 9.28. The van der Waals surface area contributed by atoms with Crippen LogP contribution in [0.15, 0.2) is 47.7 Å². The van der Waals surface area contributed by atoms with E-state index in [0.717, 1.165) is 43.1 Å². The minimum atomic E-state index is 0.231. The van der Waals surface area contributed by atoms with Crippen LogP contribution in [0.1, 0.15) is 39.2 Å². The molecule has 1 atom stereocenters. The second-order valence-electron chi connectivity index (χ2n) is 7.20. The molecule has 2 rings (SSSR count). The van der Waals surface area contributed by atoms with Crippen LogP contribution in [0, 0.1) is 11.8 Å². The first-order chi connectivity index (χ1) is 13.1. The van der Waals surface area contributed by atoms with E-state index in [0.29, 0.717) is 18.4 Å². The molecule has 0 spiro atoms. The maximum atomic E-state index is 9.28. The van der Waals surface area contributed by atoms with Crippen LogP contribution in [0.4, 0.5) is 0 Å². The minimum Gasteiger partial charge on any atom is -0.396 e. The van der Waals surface area contributed by atoms with Gasteiger partial charge >= 0.3 is 0 Å². The highest BCUT2D eigenvalue weighted by molar-refractivity contribution is 5.79. The number of hydrogen-bond donors (Lipinski definition) is 3. The second-order valence-corrected chi connectivity index (χ2v) is 7.20. The molecule has 1 aromatic carbocycles. The zero-order valence-electron chi connectivity index (χ0n) is 16.7. The number of nitrogens with one attached hydrogen (secondary N) is 2. The molecular formula is C21H33N5O. The van der Waals surface area contributed by atoms with Crippen molar-refractivity contribution < 1.29 is 5.11 Å². The first-order valence-electron chi connectivity index (χ1n) is 9.84. The molecule has 0 amide bonds. The van der Waals surface area contributed by atoms with Crippen LogP contribution in [0.5, 0.6) is 0 Å². The third kappa shape index (κ3) is 7.43. The van der Waals surface area contributed by atoms with E-state index in [2.05, 4.69) is 60.8 Å². The van der Waals surface area contributed by atoms with Gasteiger partial charge in [0.15, 0.2) is 5.96 Å². The van der Waals surface area contributed by atoms with Crippen LogP contribution < -0.4 is 10.6 Å². The zero-order valence-corrected chi connectivity index (χ0v) is 16.7. The van der Waals surface area contributed by atoms with Gasteiger partial charge < -0.3 is 15.7 Å². The topological polar surface area (TPSA) is 74.5 Å². The lowest BCUT2D eigenvalue weighted by Gasteiger charge is -2.20. The SMILES string of the molecule is CCNC(=NCc1ccc(-n2cccn2)cc1)NCC(CCO)CC(C)C. The summed E-state index contributed by atoms with van der Waals surface area (Å²) in [5.41, 5.74) is 2.19. The Bertz CT molecular complexity index is 664. The first kappa shape index (κ1) is 21.0. The lowest BCUT2D eigenvalue weighted by atomic mass is 9.94. The summed E-state index contributed by atoms with van der Waals surface area (Å²) in [5.74, 6) is 1.89. The van der Waals surface area contributed by atoms with E-state index in [1.54, 1.807) is 6.20 Å². The van der Waals surface area contributed by atoms with Crippen molar-refractivity contribution in [2.24, 2.45) is 16.8 Å². The summed E-state index contributed by atoms with van der Waals surface area (Å²) >= 11 is 0. The fourth-order valence-electron chi connectivity index (χ4n) is 3.08. The van der Waals surface area contributed by atoms with Crippen molar-refractivity contribution in [3.05, 3.63) is 48.3 Å². The molecule has 0 radical (unpaired) electrons. The summed E-state index contributed by atoms with van der Waals surface area (Å²) in [6.45, 7) is 8.99. The van der Waals surface area contributed by atoms with Crippen LogP contribution in [0.25, 0.3) is 5.69 Å². The summed E-state index contributed by atoms with van der Waals surface area (Å²) < 4.78 is 1.84. The van der Waals surface area contributed by atoms with E-state index in [-0.39, 0.29) is 6.61 Å². The Morgan fingerprint density at radius 1 is 1.22 bits per heavy atom. The third-order valence-corrected chi connectivity index (χ3v) is 4.37. The van der Waals surface area contributed by atoms with Crippen LogP contribution >= 0.6 is 0 Å². The summed E-state index contributed by atoms with van der Waals surface area (Å²) in [4.78, 5) is 4.70. The van der Waals surface area contributed by atoms with E-state index in [4.69, 9.17) is 4.99 Å². The molecule has 0 fully saturated rings. The average molecular weight is 372 g/mol. The Balaban J connectivity index is 1.93. The van der Waals surface area contributed by atoms with Gasteiger partial charge in [-0.1, -0.05) is 26.0 Å². The monoisotopic (exact) mass is 371 g/mol. The first-order valence-corrected chi connectivity index (χ1v) is 9.84. The Hall–Kier alpha value is -2.34. The molecule has 0 aliphatic heterocycles. The lowest BCUT2D eigenvalue weighted by molar-refractivity contribution is 0.243. The number of aliphatic hydroxyl groups excluding tert-OH is 1. The van der Waals surface area contributed by atoms with Gasteiger partial charge in [0.1, 0.15) is 0 Å². The summed E-state index contributed by atoms with van der Waals surface area (Å²) in [7, 11) is 0. The summed E-state index contributed by atoms with van der Waals surface area (Å²) in [5, 5.41) is 20.3. The molecule has 1 unspecified atom stereocenters. The molecule has 3 N–H and O–H groups in total. The van der Waals surface area contributed by atoms with Crippen LogP contribution in [0.3, 0.4) is 0 Å². The number of rotatable bonds is 10. The fourth-order valence-corrected chi connectivity index (χ4v) is 3.08. The van der Waals surface area contributed by atoms with Gasteiger partial charge in [-0.15, -0.1) is 0 Å². The molecule has 1 heterocycles. The number of hydrogen-bond acceptors (Lipinski definition) is 3. The molecule has 6 nitrogen and oxygen atoms in total. The average Bonchev–Trinajstić information content (AvgIpc) is 3.19. The lowest BCUT2D eigenvalue weighted by Crippen LogP contribution is -2.40. The summed E-state index contributed by atoms with van der Waals surface area (Å²) in [6.07, 6.45) is 5.62. The van der Waals surface area contributed by atoms with Gasteiger partial charge in [-0.05, 0) is 55.4 Å². The van der Waals surface area contributed by atoms with Crippen molar-refractivity contribution in [3.8, 4) is 5.69 Å². The van der Waals surface area contributed by atoms with E-state index in [1.165, 1.54) is 0 Å². The smallest absolute Gasteiger partial charge is 0.191 e. The van der Waals surface area contributed by atoms with Gasteiger partial charge in [0, 0.05) is 32.1 Å². The molecular weight excluding hydrogens is 338 g/mol. The summed E-state index contributed by atoms with van der Waals surface area (Å²) in [6, 6.07) is 10.2. The van der Waals surface area contributed by atoms with Crippen molar-refractivity contribution >= 4 is 5.96 Å². The van der Waals surface area contributed by atoms with Crippen LogP contribution in [-0.4, -0.2) is 40.5 Å². The number of benzene rings is 1. The van der Waals surface area contributed by atoms with Crippen molar-refractivity contribution in [2.45, 2.75) is 40.2 Å². The van der Waals surface area contributed by atoms with Crippen LogP contribution in [0.2, 0.25) is 0 Å². The molecule has 0 aliphatic rings. The van der Waals surface area contributed by atoms with Gasteiger partial charge in [-0.2, -0.15) is 5.10 Å². The predicted octanol–water partition coefficient (Wildman–Crippen LogP) is 2.97. The molecule has 0 aliphatic carbocycles. The normalized spacial score (nSPS) is 13.0. The van der Waals surface area contributed by atoms with E-state index in [9.17, 15) is 5.11 Å². The molecule has 6 heteroatoms. The largest absolute Gasteiger partial charge is 0.396 e. The zero-order chi connectivity index (χ0) is 19.5. The van der Waals surface area contributed by atoms with Gasteiger partial charge in [-0.25, -0.2) is 9.67 Å². The van der Waals surface area contributed by atoms with E-state index < -0.39 is 0 Å². The third-order valence-electron chi connectivity index (χ3n) is 4.37. The van der Waals surface area contributed by atoms with Crippen molar-refractivity contribution in [1.29, 1.82) is 0 Å². The van der Waals surface area contributed by atoms with Crippen molar-refractivity contribution in [1.82, 2.24) is 20.4 Å². The van der Waals surface area contributed by atoms with Gasteiger partial charge in [-0.3, -0.25) is 0 Å². The van der Waals surface area contributed by atoms with Crippen molar-refractivity contribution in [2.75, 3.05) is 19.7 Å². The quantitative estimate of drug-likeness (QED) is 0.443. The van der Waals surface area contributed by atoms with Crippen LogP contribution in [-0.2, 0) is 6.54 Å². The highest BCUT2D eigenvalue weighted by Crippen LogP contribution is 2.14. The number of aliphatic hydroxyl groups is 1. The second kappa shape index (κ2) is 11.4. The van der Waals surface area contributed by atoms with Gasteiger partial charge in [0.05, 0.1) is 12.2 Å². The maximum Gasteiger partial charge on any atom is 0.191 e. The Labute approximate surface area is 162 Å². The number of nitrogens with zero attached hydrogens (tertiary/aromatic N) is 3.